The second kappa shape index (κ2) is 5.49. The molecule has 1 aromatic heterocycles. The Morgan fingerprint density at radius 3 is 2.82 bits per heavy atom. The van der Waals surface area contributed by atoms with Crippen LogP contribution in [-0.4, -0.2) is 27.6 Å². The first-order chi connectivity index (χ1) is 10.3. The second-order valence-electron chi connectivity index (χ2n) is 6.78. The van der Waals surface area contributed by atoms with Crippen LogP contribution >= 0.6 is 23.1 Å². The smallest absolute Gasteiger partial charge is 0.250 e. The molecular formula is C14H21N5OS2. The van der Waals surface area contributed by atoms with E-state index in [-0.39, 0.29) is 22.5 Å². The Balaban J connectivity index is 1.57. The number of anilines is 1. The molecule has 2 atom stereocenters. The highest BCUT2D eigenvalue weighted by Gasteiger charge is 2.59. The molecular weight excluding hydrogens is 318 g/mol. The molecule has 6 nitrogen and oxygen atoms in total. The van der Waals surface area contributed by atoms with Crippen molar-refractivity contribution in [2.24, 2.45) is 21.8 Å². The summed E-state index contributed by atoms with van der Waals surface area (Å²) >= 11 is 2.61. The first-order valence-electron chi connectivity index (χ1n) is 7.40. The van der Waals surface area contributed by atoms with E-state index in [2.05, 4.69) is 41.5 Å². The van der Waals surface area contributed by atoms with Gasteiger partial charge in [-0.2, -0.15) is 5.10 Å². The van der Waals surface area contributed by atoms with Crippen LogP contribution < -0.4 is 11.2 Å². The summed E-state index contributed by atoms with van der Waals surface area (Å²) in [5.74, 6) is 0.844. The standard InChI is InChI=1S/C14H21N5OS2/c1-13(2)8-4-5-14(13,3)9(6-8)16-17-10(20)7-21-12-19-18-11(15)22-12/h8H,4-7H2,1-3H3,(H2,15,18)(H,17,20)/b16-9+/t8-,14+/m0/s1. The fourth-order valence-corrected chi connectivity index (χ4v) is 5.09. The summed E-state index contributed by atoms with van der Waals surface area (Å²) in [6.07, 6.45) is 3.44. The number of nitrogens with two attached hydrogens (primary N) is 1. The highest BCUT2D eigenvalue weighted by Crippen LogP contribution is 2.63. The number of nitrogens with one attached hydrogen (secondary N) is 1. The van der Waals surface area contributed by atoms with Crippen molar-refractivity contribution in [3.63, 3.8) is 0 Å². The Morgan fingerprint density at radius 2 is 2.27 bits per heavy atom. The van der Waals surface area contributed by atoms with Crippen molar-refractivity contribution < 1.29 is 4.79 Å². The number of hydrogen-bond donors (Lipinski definition) is 2. The van der Waals surface area contributed by atoms with Gasteiger partial charge in [0.25, 0.3) is 5.91 Å². The lowest BCUT2D eigenvalue weighted by Gasteiger charge is -2.34. The minimum atomic E-state index is -0.115. The van der Waals surface area contributed by atoms with E-state index < -0.39 is 0 Å². The summed E-state index contributed by atoms with van der Waals surface area (Å²) in [6, 6.07) is 0. The highest BCUT2D eigenvalue weighted by molar-refractivity contribution is 8.01. The third-order valence-corrected chi connectivity index (χ3v) is 7.46. The maximum Gasteiger partial charge on any atom is 0.250 e. The van der Waals surface area contributed by atoms with Gasteiger partial charge in [0.15, 0.2) is 4.34 Å². The summed E-state index contributed by atoms with van der Waals surface area (Å²) in [7, 11) is 0. The maximum atomic E-state index is 11.9. The minimum absolute atomic E-state index is 0.115. The van der Waals surface area contributed by atoms with E-state index in [0.717, 1.165) is 18.6 Å². The Labute approximate surface area is 138 Å². The zero-order valence-electron chi connectivity index (χ0n) is 13.0. The fraction of sp³-hybridized carbons (Fsp3) is 0.714. The Kier molecular flexibility index (Phi) is 3.92. The van der Waals surface area contributed by atoms with Gasteiger partial charge >= 0.3 is 0 Å². The molecule has 2 aliphatic rings. The predicted octanol–water partition coefficient (Wildman–Crippen LogP) is 2.53. The van der Waals surface area contributed by atoms with Gasteiger partial charge in [0, 0.05) is 11.1 Å². The summed E-state index contributed by atoms with van der Waals surface area (Å²) in [6.45, 7) is 6.93. The van der Waals surface area contributed by atoms with Crippen LogP contribution in [-0.2, 0) is 4.79 Å². The molecule has 22 heavy (non-hydrogen) atoms. The van der Waals surface area contributed by atoms with Crippen molar-refractivity contribution in [1.29, 1.82) is 0 Å². The van der Waals surface area contributed by atoms with E-state index in [4.69, 9.17) is 5.73 Å². The first-order valence-corrected chi connectivity index (χ1v) is 9.21. The van der Waals surface area contributed by atoms with Crippen molar-refractivity contribution in [3.05, 3.63) is 0 Å². The zero-order valence-corrected chi connectivity index (χ0v) is 14.7. The van der Waals surface area contributed by atoms with E-state index >= 15 is 0 Å². The SMILES string of the molecule is CC1(C)[C@H]2CC[C@]1(C)/C(=N/NC(=O)CSc1nnc(N)s1)C2. The fourth-order valence-electron chi connectivity index (χ4n) is 3.67. The van der Waals surface area contributed by atoms with Crippen LogP contribution in [0.25, 0.3) is 0 Å². The van der Waals surface area contributed by atoms with Crippen molar-refractivity contribution >= 4 is 39.8 Å². The van der Waals surface area contributed by atoms with Crippen LogP contribution in [0.15, 0.2) is 9.44 Å². The average molecular weight is 339 g/mol. The molecule has 0 spiro atoms. The molecule has 1 aromatic rings. The Morgan fingerprint density at radius 1 is 1.50 bits per heavy atom. The lowest BCUT2D eigenvalue weighted by molar-refractivity contribution is -0.118. The largest absolute Gasteiger partial charge is 0.374 e. The van der Waals surface area contributed by atoms with E-state index in [1.54, 1.807) is 0 Å². The number of carbonyl (C=O) groups excluding carboxylic acids is 1. The van der Waals surface area contributed by atoms with Gasteiger partial charge in [-0.25, -0.2) is 5.43 Å². The van der Waals surface area contributed by atoms with Crippen LogP contribution in [0.1, 0.15) is 40.0 Å². The number of amides is 1. The molecule has 2 aliphatic carbocycles. The predicted molar refractivity (Wildman–Crippen MR) is 89.9 cm³/mol. The second-order valence-corrected chi connectivity index (χ2v) is 9.01. The van der Waals surface area contributed by atoms with E-state index in [0.29, 0.717) is 15.4 Å². The summed E-state index contributed by atoms with van der Waals surface area (Å²) in [5.41, 5.74) is 9.75. The maximum absolute atomic E-state index is 11.9. The number of rotatable bonds is 4. The van der Waals surface area contributed by atoms with Crippen LogP contribution in [0.5, 0.6) is 0 Å². The Bertz CT molecular complexity index is 627. The number of carbonyl (C=O) groups is 1. The molecule has 0 aliphatic heterocycles. The lowest BCUT2D eigenvalue weighted by atomic mass is 9.70. The minimum Gasteiger partial charge on any atom is -0.374 e. The molecule has 3 rings (SSSR count). The normalized spacial score (nSPS) is 30.9. The molecule has 120 valence electrons. The number of aromatic nitrogens is 2. The van der Waals surface area contributed by atoms with Gasteiger partial charge in [0.2, 0.25) is 5.13 Å². The topological polar surface area (TPSA) is 93.3 Å². The zero-order chi connectivity index (χ0) is 16.0. The third kappa shape index (κ3) is 2.52. The van der Waals surface area contributed by atoms with Gasteiger partial charge < -0.3 is 5.73 Å². The molecule has 8 heteroatoms. The number of thioether (sulfide) groups is 1. The van der Waals surface area contributed by atoms with Crippen LogP contribution in [0.3, 0.4) is 0 Å². The number of hydrogen-bond acceptors (Lipinski definition) is 7. The quantitative estimate of drug-likeness (QED) is 0.649. The van der Waals surface area contributed by atoms with Gasteiger partial charge in [0.05, 0.1) is 5.75 Å². The molecule has 2 bridgehead atoms. The molecule has 1 amide bonds. The van der Waals surface area contributed by atoms with E-state index in [1.165, 1.54) is 29.5 Å². The van der Waals surface area contributed by atoms with Gasteiger partial charge in [-0.1, -0.05) is 43.9 Å². The Hall–Kier alpha value is -1.15. The van der Waals surface area contributed by atoms with E-state index in [9.17, 15) is 4.79 Å². The number of hydrazone groups is 1. The number of nitrogen functional groups attached to an aromatic ring is 1. The molecule has 0 aromatic carbocycles. The average Bonchev–Trinajstić information content (AvgIpc) is 3.03. The molecule has 1 heterocycles. The molecule has 2 fully saturated rings. The van der Waals surface area contributed by atoms with Crippen molar-refractivity contribution in [3.8, 4) is 0 Å². The van der Waals surface area contributed by atoms with Crippen LogP contribution in [0, 0.1) is 16.7 Å². The molecule has 3 N–H and O–H groups in total. The van der Waals surface area contributed by atoms with Gasteiger partial charge in [-0.3, -0.25) is 4.79 Å². The molecule has 0 unspecified atom stereocenters. The first kappa shape index (κ1) is 15.7. The van der Waals surface area contributed by atoms with Crippen molar-refractivity contribution in [1.82, 2.24) is 15.6 Å². The monoisotopic (exact) mass is 339 g/mol. The van der Waals surface area contributed by atoms with Gasteiger partial charge in [-0.15, -0.1) is 10.2 Å². The van der Waals surface area contributed by atoms with Crippen LogP contribution in [0.2, 0.25) is 0 Å². The molecule has 0 saturated heterocycles. The number of nitrogens with zero attached hydrogens (tertiary/aromatic N) is 3. The van der Waals surface area contributed by atoms with Crippen LogP contribution in [0.4, 0.5) is 5.13 Å². The third-order valence-electron chi connectivity index (χ3n) is 5.58. The molecule has 0 radical (unpaired) electrons. The highest BCUT2D eigenvalue weighted by atomic mass is 32.2. The summed E-state index contributed by atoms with van der Waals surface area (Å²) in [4.78, 5) is 11.9. The summed E-state index contributed by atoms with van der Waals surface area (Å²) < 4.78 is 0.702. The summed E-state index contributed by atoms with van der Waals surface area (Å²) in [5, 5.41) is 12.5. The van der Waals surface area contributed by atoms with Gasteiger partial charge in [-0.05, 0) is 30.6 Å². The lowest BCUT2D eigenvalue weighted by Crippen LogP contribution is -2.34. The van der Waals surface area contributed by atoms with Crippen molar-refractivity contribution in [2.45, 2.75) is 44.4 Å². The van der Waals surface area contributed by atoms with Crippen molar-refractivity contribution in [2.75, 3.05) is 11.5 Å². The molecule has 2 saturated carbocycles. The number of fused-ring (bicyclic) bond motifs is 2. The van der Waals surface area contributed by atoms with Gasteiger partial charge in [0.1, 0.15) is 0 Å². The van der Waals surface area contributed by atoms with E-state index in [1.807, 2.05) is 0 Å².